The van der Waals surface area contributed by atoms with Crippen LogP contribution in [0.1, 0.15) is 12.5 Å². The third-order valence-corrected chi connectivity index (χ3v) is 8.34. The zero-order chi connectivity index (χ0) is 24.8. The predicted octanol–water partition coefficient (Wildman–Crippen LogP) is 5.63. The monoisotopic (exact) mass is 598 g/mol. The molecule has 4 aromatic rings. The predicted molar refractivity (Wildman–Crippen MR) is 150 cm³/mol. The van der Waals surface area contributed by atoms with Gasteiger partial charge in [0.2, 0.25) is 5.91 Å². The number of sulfonamides is 1. The highest BCUT2D eigenvalue weighted by Crippen LogP contribution is 2.25. The molecule has 5 nitrogen and oxygen atoms in total. The fraction of sp³-hybridized carbons (Fsp3) is 0.179. The Hall–Kier alpha value is -2.91. The Bertz CT molecular complexity index is 1400. The van der Waals surface area contributed by atoms with E-state index in [0.717, 1.165) is 9.99 Å². The number of rotatable bonds is 9. The van der Waals surface area contributed by atoms with Crippen molar-refractivity contribution in [1.29, 1.82) is 0 Å². The number of halogens is 1. The first-order valence-electron chi connectivity index (χ1n) is 11.4. The van der Waals surface area contributed by atoms with Crippen molar-refractivity contribution in [1.82, 2.24) is 5.32 Å². The summed E-state index contributed by atoms with van der Waals surface area (Å²) in [6.07, 6.45) is 0.810. The molecule has 35 heavy (non-hydrogen) atoms. The van der Waals surface area contributed by atoms with Gasteiger partial charge in [-0.3, -0.25) is 9.10 Å². The Kier molecular flexibility index (Phi) is 8.07. The fourth-order valence-electron chi connectivity index (χ4n) is 4.03. The zero-order valence-corrected chi connectivity index (χ0v) is 22.4. The molecule has 7 heteroatoms. The van der Waals surface area contributed by atoms with E-state index in [1.807, 2.05) is 24.3 Å². The first-order chi connectivity index (χ1) is 16.8. The normalized spacial score (nSPS) is 12.3. The Morgan fingerprint density at radius 3 is 2.29 bits per heavy atom. The molecule has 0 spiro atoms. The van der Waals surface area contributed by atoms with E-state index in [-0.39, 0.29) is 23.3 Å². The molecule has 1 N–H and O–H groups in total. The number of benzene rings is 4. The number of hydrogen-bond donors (Lipinski definition) is 1. The molecule has 0 aromatic heterocycles. The van der Waals surface area contributed by atoms with E-state index in [1.54, 1.807) is 42.5 Å². The van der Waals surface area contributed by atoms with Crippen LogP contribution in [0, 0.1) is 9.49 Å². The van der Waals surface area contributed by atoms with Crippen LogP contribution in [0.4, 0.5) is 5.69 Å². The first-order valence-corrected chi connectivity index (χ1v) is 13.9. The minimum absolute atomic E-state index is 0.149. The number of nitrogens with zero attached hydrogens (tertiary/aromatic N) is 1. The van der Waals surface area contributed by atoms with Crippen molar-refractivity contribution in [3.8, 4) is 0 Å². The van der Waals surface area contributed by atoms with E-state index >= 15 is 0 Å². The van der Waals surface area contributed by atoms with Crippen LogP contribution in [0.3, 0.4) is 0 Å². The smallest absolute Gasteiger partial charge is 0.264 e. The Labute approximate surface area is 220 Å². The number of carbonyl (C=O) groups excluding carboxylic acids is 1. The van der Waals surface area contributed by atoms with Crippen molar-refractivity contribution in [3.63, 3.8) is 0 Å². The van der Waals surface area contributed by atoms with Crippen molar-refractivity contribution < 1.29 is 13.2 Å². The molecule has 0 aliphatic carbocycles. The molecular weight excluding hydrogens is 571 g/mol. The molecule has 1 atom stereocenters. The van der Waals surface area contributed by atoms with Gasteiger partial charge in [0.15, 0.2) is 0 Å². The lowest BCUT2D eigenvalue weighted by molar-refractivity contribution is -0.119. The van der Waals surface area contributed by atoms with Crippen LogP contribution in [-0.4, -0.2) is 27.4 Å². The van der Waals surface area contributed by atoms with Crippen LogP contribution >= 0.6 is 22.6 Å². The molecule has 0 fully saturated rings. The maximum Gasteiger partial charge on any atom is 0.264 e. The summed E-state index contributed by atoms with van der Waals surface area (Å²) in [5.74, 6) is -0.157. The van der Waals surface area contributed by atoms with Gasteiger partial charge in [-0.1, -0.05) is 67.6 Å². The van der Waals surface area contributed by atoms with Crippen LogP contribution in [0.15, 0.2) is 102 Å². The summed E-state index contributed by atoms with van der Waals surface area (Å²) in [5, 5.41) is 5.35. The van der Waals surface area contributed by atoms with Crippen LogP contribution in [0.2, 0.25) is 0 Å². The van der Waals surface area contributed by atoms with Crippen LogP contribution in [-0.2, 0) is 21.2 Å². The molecule has 180 valence electrons. The van der Waals surface area contributed by atoms with Gasteiger partial charge in [0.25, 0.3) is 10.0 Å². The number of amides is 1. The second kappa shape index (κ2) is 11.2. The highest BCUT2D eigenvalue weighted by Gasteiger charge is 2.27. The highest BCUT2D eigenvalue weighted by atomic mass is 127. The molecule has 0 heterocycles. The maximum absolute atomic E-state index is 13.4. The summed E-state index contributed by atoms with van der Waals surface area (Å²) in [5.41, 5.74) is 1.69. The molecule has 1 amide bonds. The largest absolute Gasteiger partial charge is 0.354 e. The summed E-state index contributed by atoms with van der Waals surface area (Å²) < 4.78 is 29.0. The van der Waals surface area contributed by atoms with E-state index < -0.39 is 10.0 Å². The molecule has 0 aliphatic heterocycles. The van der Waals surface area contributed by atoms with Gasteiger partial charge in [0, 0.05) is 10.1 Å². The standard InChI is InChI=1S/C28H27IN2O3S/c1-21(18-23-10-7-9-22-8-5-6-13-27(22)23)19-30-28(32)20-31(25-16-14-24(29)15-17-25)35(33,34)26-11-3-2-4-12-26/h2-17,21H,18-20H2,1H3,(H,30,32). The lowest BCUT2D eigenvalue weighted by Gasteiger charge is -2.24. The van der Waals surface area contributed by atoms with Gasteiger partial charge in [-0.15, -0.1) is 0 Å². The van der Waals surface area contributed by atoms with Gasteiger partial charge in [-0.25, -0.2) is 8.42 Å². The number of hydrogen-bond acceptors (Lipinski definition) is 3. The third-order valence-electron chi connectivity index (χ3n) is 5.83. The molecule has 0 aliphatic rings. The number of carbonyl (C=O) groups is 1. The Balaban J connectivity index is 1.46. The second-order valence-corrected chi connectivity index (χ2v) is 11.7. The first kappa shape index (κ1) is 25.2. The fourth-order valence-corrected chi connectivity index (χ4v) is 5.84. The van der Waals surface area contributed by atoms with Crippen LogP contribution in [0.5, 0.6) is 0 Å². The van der Waals surface area contributed by atoms with Gasteiger partial charge in [-0.05, 0) is 87.7 Å². The summed E-state index contributed by atoms with van der Waals surface area (Å²) in [4.78, 5) is 13.1. The average molecular weight is 599 g/mol. The topological polar surface area (TPSA) is 66.5 Å². The summed E-state index contributed by atoms with van der Waals surface area (Å²) in [6, 6.07) is 29.8. The molecule has 1 unspecified atom stereocenters. The van der Waals surface area contributed by atoms with E-state index in [1.165, 1.54) is 20.6 Å². The molecule has 0 radical (unpaired) electrons. The number of fused-ring (bicyclic) bond motifs is 1. The van der Waals surface area contributed by atoms with Crippen molar-refractivity contribution in [2.75, 3.05) is 17.4 Å². The molecule has 4 aromatic carbocycles. The number of anilines is 1. The average Bonchev–Trinajstić information content (AvgIpc) is 2.87. The number of nitrogens with one attached hydrogen (secondary N) is 1. The maximum atomic E-state index is 13.4. The lowest BCUT2D eigenvalue weighted by atomic mass is 9.96. The van der Waals surface area contributed by atoms with Crippen LogP contribution in [0.25, 0.3) is 10.8 Å². The van der Waals surface area contributed by atoms with Gasteiger partial charge < -0.3 is 5.32 Å². The summed E-state index contributed by atoms with van der Waals surface area (Å²) in [7, 11) is -3.90. The SMILES string of the molecule is CC(CNC(=O)CN(c1ccc(I)cc1)S(=O)(=O)c1ccccc1)Cc1cccc2ccccc12. The lowest BCUT2D eigenvalue weighted by Crippen LogP contribution is -2.42. The van der Waals surface area contributed by atoms with E-state index in [9.17, 15) is 13.2 Å². The molecule has 0 saturated carbocycles. The third kappa shape index (κ3) is 6.21. The minimum atomic E-state index is -3.90. The molecular formula is C28H27IN2O3S. The molecule has 4 rings (SSSR count). The second-order valence-electron chi connectivity index (χ2n) is 8.55. The summed E-state index contributed by atoms with van der Waals surface area (Å²) in [6.45, 7) is 2.24. The van der Waals surface area contributed by atoms with Gasteiger partial charge in [-0.2, -0.15) is 0 Å². The zero-order valence-electron chi connectivity index (χ0n) is 19.4. The molecule has 0 saturated heterocycles. The van der Waals surface area contributed by atoms with Gasteiger partial charge >= 0.3 is 0 Å². The van der Waals surface area contributed by atoms with Gasteiger partial charge in [0.1, 0.15) is 6.54 Å². The van der Waals surface area contributed by atoms with E-state index in [4.69, 9.17) is 0 Å². The van der Waals surface area contributed by atoms with E-state index in [2.05, 4.69) is 65.2 Å². The van der Waals surface area contributed by atoms with Crippen molar-refractivity contribution in [2.45, 2.75) is 18.2 Å². The Morgan fingerprint density at radius 2 is 1.54 bits per heavy atom. The Morgan fingerprint density at radius 1 is 0.886 bits per heavy atom. The summed E-state index contributed by atoms with van der Waals surface area (Å²) >= 11 is 2.17. The minimum Gasteiger partial charge on any atom is -0.354 e. The highest BCUT2D eigenvalue weighted by molar-refractivity contribution is 14.1. The van der Waals surface area contributed by atoms with Crippen molar-refractivity contribution in [3.05, 3.63) is 106 Å². The van der Waals surface area contributed by atoms with Gasteiger partial charge in [0.05, 0.1) is 10.6 Å². The van der Waals surface area contributed by atoms with E-state index in [0.29, 0.717) is 12.2 Å². The van der Waals surface area contributed by atoms with Crippen molar-refractivity contribution in [2.24, 2.45) is 5.92 Å². The molecule has 0 bridgehead atoms. The quantitative estimate of drug-likeness (QED) is 0.254. The van der Waals surface area contributed by atoms with Crippen LogP contribution < -0.4 is 9.62 Å². The van der Waals surface area contributed by atoms with Crippen molar-refractivity contribution >= 4 is 55.0 Å².